The van der Waals surface area contributed by atoms with E-state index in [4.69, 9.17) is 15.3 Å². The van der Waals surface area contributed by atoms with E-state index >= 15 is 0 Å². The van der Waals surface area contributed by atoms with Crippen LogP contribution in [0.25, 0.3) is 0 Å². The van der Waals surface area contributed by atoms with Gasteiger partial charge in [0.2, 0.25) is 0 Å². The lowest BCUT2D eigenvalue weighted by molar-refractivity contribution is -0.219. The van der Waals surface area contributed by atoms with Gasteiger partial charge in [0, 0.05) is 0 Å². The fourth-order valence-corrected chi connectivity index (χ4v) is 1.29. The molecule has 2 unspecified atom stereocenters. The van der Waals surface area contributed by atoms with Crippen molar-refractivity contribution in [3.05, 3.63) is 0 Å². The Kier molecular flexibility index (Phi) is 3.30. The summed E-state index contributed by atoms with van der Waals surface area (Å²) in [6, 6.07) is 0. The molecular weight excluding hydrogens is 187 g/mol. The Hall–Kier alpha value is 0.120. The van der Waals surface area contributed by atoms with E-state index in [0.29, 0.717) is 0 Å². The first-order chi connectivity index (χ1) is 5.57. The predicted molar refractivity (Wildman–Crippen MR) is 41.6 cm³/mol. The van der Waals surface area contributed by atoms with Gasteiger partial charge >= 0.3 is 0 Å². The molecule has 1 aliphatic rings. The molecule has 0 aromatic heterocycles. The maximum absolute atomic E-state index is 13.0. The molecular formula is C6H11FO4S. The van der Waals surface area contributed by atoms with E-state index in [9.17, 15) is 4.39 Å². The Labute approximate surface area is 74.4 Å². The van der Waals surface area contributed by atoms with Gasteiger partial charge in [-0.25, -0.2) is 4.39 Å². The topological polar surface area (TPSA) is 69.9 Å². The summed E-state index contributed by atoms with van der Waals surface area (Å²) in [7, 11) is 0. The predicted octanol–water partition coefficient (Wildman–Crippen LogP) is -1.31. The number of alkyl halides is 1. The number of hydrogen-bond acceptors (Lipinski definition) is 5. The lowest BCUT2D eigenvalue weighted by atomic mass is 10.0. The number of ether oxygens (including phenoxy) is 1. The van der Waals surface area contributed by atoms with Crippen molar-refractivity contribution in [2.24, 2.45) is 0 Å². The average molecular weight is 198 g/mol. The number of thiol groups is 1. The molecule has 1 rings (SSSR count). The van der Waals surface area contributed by atoms with Crippen molar-refractivity contribution in [1.82, 2.24) is 0 Å². The molecule has 0 aromatic rings. The van der Waals surface area contributed by atoms with Crippen LogP contribution in [0.2, 0.25) is 0 Å². The van der Waals surface area contributed by atoms with E-state index in [1.54, 1.807) is 0 Å². The van der Waals surface area contributed by atoms with Crippen molar-refractivity contribution in [2.45, 2.75) is 29.9 Å². The minimum atomic E-state index is -1.71. The molecule has 4 nitrogen and oxygen atoms in total. The van der Waals surface area contributed by atoms with E-state index in [1.165, 1.54) is 0 Å². The highest BCUT2D eigenvalue weighted by Gasteiger charge is 2.42. The standard InChI is InChI=1S/C6H11FO4S/c7-3-2(1-8)11-6(10)5(12)4(3)9/h2-6,8-10,12H,1H2/t2?,3-,4?,5+,6-/m0/s1. The van der Waals surface area contributed by atoms with E-state index in [1.807, 2.05) is 0 Å². The summed E-state index contributed by atoms with van der Waals surface area (Å²) in [5.74, 6) is 0. The van der Waals surface area contributed by atoms with Crippen LogP contribution in [0, 0.1) is 0 Å². The van der Waals surface area contributed by atoms with Crippen LogP contribution in [0.4, 0.5) is 4.39 Å². The molecule has 0 spiro atoms. The fraction of sp³-hybridized carbons (Fsp3) is 1.00. The molecule has 0 aliphatic carbocycles. The van der Waals surface area contributed by atoms with Gasteiger partial charge in [-0.2, -0.15) is 12.6 Å². The molecule has 12 heavy (non-hydrogen) atoms. The van der Waals surface area contributed by atoms with Crippen molar-refractivity contribution in [1.29, 1.82) is 0 Å². The van der Waals surface area contributed by atoms with Crippen LogP contribution in [0.15, 0.2) is 0 Å². The second-order valence-electron chi connectivity index (χ2n) is 2.67. The van der Waals surface area contributed by atoms with Crippen LogP contribution in [-0.4, -0.2) is 51.8 Å². The molecule has 0 bridgehead atoms. The third kappa shape index (κ3) is 1.72. The first-order valence-electron chi connectivity index (χ1n) is 3.52. The molecule has 0 amide bonds. The molecule has 0 saturated carbocycles. The lowest BCUT2D eigenvalue weighted by Crippen LogP contribution is -2.54. The van der Waals surface area contributed by atoms with Crippen molar-refractivity contribution < 1.29 is 24.4 Å². The van der Waals surface area contributed by atoms with Gasteiger partial charge in [-0.1, -0.05) is 0 Å². The van der Waals surface area contributed by atoms with Gasteiger partial charge in [0.05, 0.1) is 11.9 Å². The molecule has 0 aromatic carbocycles. The maximum Gasteiger partial charge on any atom is 0.169 e. The van der Waals surface area contributed by atoms with Gasteiger partial charge in [-0.3, -0.25) is 0 Å². The van der Waals surface area contributed by atoms with Gasteiger partial charge in [-0.15, -0.1) is 0 Å². The molecule has 1 heterocycles. The van der Waals surface area contributed by atoms with Crippen LogP contribution >= 0.6 is 12.6 Å². The maximum atomic E-state index is 13.0. The van der Waals surface area contributed by atoms with E-state index in [-0.39, 0.29) is 0 Å². The monoisotopic (exact) mass is 198 g/mol. The molecule has 6 heteroatoms. The third-order valence-electron chi connectivity index (χ3n) is 1.82. The number of hydrogen-bond donors (Lipinski definition) is 4. The Morgan fingerprint density at radius 2 is 2.00 bits per heavy atom. The smallest absolute Gasteiger partial charge is 0.169 e. The molecule has 1 saturated heterocycles. The van der Waals surface area contributed by atoms with Gasteiger partial charge < -0.3 is 20.1 Å². The van der Waals surface area contributed by atoms with Crippen LogP contribution < -0.4 is 0 Å². The molecule has 3 N–H and O–H groups in total. The number of aliphatic hydroxyl groups excluding tert-OH is 3. The Morgan fingerprint density at radius 3 is 2.50 bits per heavy atom. The second-order valence-corrected chi connectivity index (χ2v) is 3.27. The highest BCUT2D eigenvalue weighted by Crippen LogP contribution is 2.25. The SMILES string of the molecule is OCC1O[C@H](O)[C@H](S)C(O)[C@H]1F. The Bertz CT molecular complexity index is 154. The first-order valence-corrected chi connectivity index (χ1v) is 4.04. The largest absolute Gasteiger partial charge is 0.394 e. The Morgan fingerprint density at radius 1 is 1.42 bits per heavy atom. The van der Waals surface area contributed by atoms with Gasteiger partial charge in [0.15, 0.2) is 12.5 Å². The molecule has 0 radical (unpaired) electrons. The summed E-state index contributed by atoms with van der Waals surface area (Å²) in [6.45, 7) is -0.574. The van der Waals surface area contributed by atoms with Crippen LogP contribution in [0.3, 0.4) is 0 Å². The van der Waals surface area contributed by atoms with Crippen molar-refractivity contribution in [3.63, 3.8) is 0 Å². The van der Waals surface area contributed by atoms with Gasteiger partial charge in [0.1, 0.15) is 12.2 Å². The van der Waals surface area contributed by atoms with Crippen molar-refractivity contribution in [2.75, 3.05) is 6.61 Å². The molecule has 1 fully saturated rings. The summed E-state index contributed by atoms with van der Waals surface area (Å²) in [6.07, 6.45) is -5.62. The van der Waals surface area contributed by atoms with Crippen LogP contribution in [0.5, 0.6) is 0 Å². The summed E-state index contributed by atoms with van der Waals surface area (Å²) >= 11 is 3.74. The van der Waals surface area contributed by atoms with Crippen molar-refractivity contribution in [3.8, 4) is 0 Å². The van der Waals surface area contributed by atoms with E-state index in [0.717, 1.165) is 0 Å². The molecule has 5 atom stereocenters. The van der Waals surface area contributed by atoms with E-state index in [2.05, 4.69) is 17.4 Å². The minimum absolute atomic E-state index is 0.574. The highest BCUT2D eigenvalue weighted by molar-refractivity contribution is 7.81. The zero-order valence-corrected chi connectivity index (χ0v) is 7.06. The fourth-order valence-electron chi connectivity index (χ4n) is 1.06. The van der Waals surface area contributed by atoms with Crippen LogP contribution in [-0.2, 0) is 4.74 Å². The molecule has 72 valence electrons. The minimum Gasteiger partial charge on any atom is -0.394 e. The third-order valence-corrected chi connectivity index (χ3v) is 2.38. The zero-order valence-electron chi connectivity index (χ0n) is 6.17. The van der Waals surface area contributed by atoms with Gasteiger partial charge in [0.25, 0.3) is 0 Å². The second kappa shape index (κ2) is 3.89. The first kappa shape index (κ1) is 10.2. The Balaban J connectivity index is 2.63. The van der Waals surface area contributed by atoms with Crippen molar-refractivity contribution >= 4 is 12.6 Å². The lowest BCUT2D eigenvalue weighted by Gasteiger charge is -2.36. The highest BCUT2D eigenvalue weighted by atomic mass is 32.1. The average Bonchev–Trinajstić information content (AvgIpc) is 2.08. The normalized spacial score (nSPS) is 49.2. The molecule has 1 aliphatic heterocycles. The zero-order chi connectivity index (χ0) is 9.30. The van der Waals surface area contributed by atoms with Crippen LogP contribution in [0.1, 0.15) is 0 Å². The summed E-state index contributed by atoms with van der Waals surface area (Å²) < 4.78 is 17.6. The number of aliphatic hydroxyl groups is 3. The van der Waals surface area contributed by atoms with Gasteiger partial charge in [-0.05, 0) is 0 Å². The summed E-state index contributed by atoms with van der Waals surface area (Å²) in [5, 5.41) is 25.7. The summed E-state index contributed by atoms with van der Waals surface area (Å²) in [5.41, 5.74) is 0. The summed E-state index contributed by atoms with van der Waals surface area (Å²) in [4.78, 5) is 0. The quantitative estimate of drug-likeness (QED) is 0.395. The number of rotatable bonds is 1. The van der Waals surface area contributed by atoms with E-state index < -0.39 is 36.5 Å². The number of halogens is 1.